The number of hydrogen-bond donors (Lipinski definition) is 0. The smallest absolute Gasteiger partial charge is 0.202 e. The summed E-state index contributed by atoms with van der Waals surface area (Å²) in [6.45, 7) is 6.63. The lowest BCUT2D eigenvalue weighted by molar-refractivity contribution is -0.678. The third-order valence-electron chi connectivity index (χ3n) is 3.43. The van der Waals surface area contributed by atoms with Crippen molar-refractivity contribution in [3.8, 4) is 0 Å². The number of hydrogen-bond acceptors (Lipinski definition) is 2. The van der Waals surface area contributed by atoms with Gasteiger partial charge in [0, 0.05) is 31.9 Å². The molecule has 0 radical (unpaired) electrons. The highest BCUT2D eigenvalue weighted by atomic mass is 15.3. The maximum Gasteiger partial charge on any atom is 0.202 e. The molecule has 21 heavy (non-hydrogen) atoms. The van der Waals surface area contributed by atoms with Gasteiger partial charge in [0.25, 0.3) is 0 Å². The minimum Gasteiger partial charge on any atom is -0.378 e. The summed E-state index contributed by atoms with van der Waals surface area (Å²) in [5.74, 6) is 0. The molecule has 0 aliphatic carbocycles. The van der Waals surface area contributed by atoms with Gasteiger partial charge in [0.1, 0.15) is 6.21 Å². The summed E-state index contributed by atoms with van der Waals surface area (Å²) >= 11 is 0. The van der Waals surface area contributed by atoms with E-state index in [4.69, 9.17) is 0 Å². The van der Waals surface area contributed by atoms with E-state index in [9.17, 15) is 0 Å². The average molecular weight is 282 g/mol. The third kappa shape index (κ3) is 4.15. The molecule has 0 bridgehead atoms. The highest BCUT2D eigenvalue weighted by molar-refractivity contribution is 5.79. The first kappa shape index (κ1) is 15.2. The molecule has 0 aliphatic rings. The zero-order valence-corrected chi connectivity index (χ0v) is 13.5. The highest BCUT2D eigenvalue weighted by Crippen LogP contribution is 2.20. The predicted molar refractivity (Wildman–Crippen MR) is 89.1 cm³/mol. The molecule has 0 fully saturated rings. The van der Waals surface area contributed by atoms with Crippen LogP contribution in [-0.2, 0) is 5.41 Å². The maximum absolute atomic E-state index is 4.45. The lowest BCUT2D eigenvalue weighted by Gasteiger charge is -2.16. The molecule has 0 spiro atoms. The minimum absolute atomic E-state index is 0.171. The molecule has 2 aromatic rings. The van der Waals surface area contributed by atoms with Gasteiger partial charge in [-0.15, -0.1) is 0 Å². The van der Waals surface area contributed by atoms with Gasteiger partial charge < -0.3 is 4.90 Å². The Kier molecular flexibility index (Phi) is 4.41. The first-order chi connectivity index (χ1) is 9.86. The van der Waals surface area contributed by atoms with E-state index in [1.165, 1.54) is 11.3 Å². The quantitative estimate of drug-likeness (QED) is 0.625. The van der Waals surface area contributed by atoms with E-state index in [2.05, 4.69) is 67.2 Å². The van der Waals surface area contributed by atoms with Gasteiger partial charge in [0.2, 0.25) is 12.4 Å². The normalized spacial score (nSPS) is 11.9. The van der Waals surface area contributed by atoms with Crippen molar-refractivity contribution < 1.29 is 4.68 Å². The van der Waals surface area contributed by atoms with Crippen molar-refractivity contribution in [3.05, 3.63) is 59.9 Å². The van der Waals surface area contributed by atoms with Crippen molar-refractivity contribution in [1.82, 2.24) is 0 Å². The van der Waals surface area contributed by atoms with Crippen LogP contribution in [0.15, 0.2) is 53.9 Å². The molecule has 2 rings (SSSR count). The number of pyridine rings is 1. The van der Waals surface area contributed by atoms with Gasteiger partial charge in [0.15, 0.2) is 0 Å². The average Bonchev–Trinajstić information content (AvgIpc) is 2.45. The molecule has 0 unspecified atom stereocenters. The van der Waals surface area contributed by atoms with E-state index in [-0.39, 0.29) is 5.41 Å². The summed E-state index contributed by atoms with van der Waals surface area (Å²) in [6, 6.07) is 12.6. The highest BCUT2D eigenvalue weighted by Gasteiger charge is 2.14. The number of anilines is 1. The third-order valence-corrected chi connectivity index (χ3v) is 3.43. The molecule has 0 N–H and O–H groups in total. The minimum atomic E-state index is 0.171. The Bertz CT molecular complexity index is 602. The molecule has 1 aromatic carbocycles. The van der Waals surface area contributed by atoms with Gasteiger partial charge in [-0.2, -0.15) is 0 Å². The Hall–Kier alpha value is -2.16. The van der Waals surface area contributed by atoms with Crippen LogP contribution in [0.1, 0.15) is 31.9 Å². The summed E-state index contributed by atoms with van der Waals surface area (Å²) in [7, 11) is 4.07. The van der Waals surface area contributed by atoms with Crippen LogP contribution in [0, 0.1) is 0 Å². The van der Waals surface area contributed by atoms with Gasteiger partial charge >= 0.3 is 0 Å². The summed E-state index contributed by atoms with van der Waals surface area (Å²) in [6.07, 6.45) is 5.85. The number of nitrogens with zero attached hydrogens (tertiary/aromatic N) is 3. The maximum atomic E-state index is 4.45. The van der Waals surface area contributed by atoms with Gasteiger partial charge in [-0.05, 0) is 33.8 Å². The number of benzene rings is 1. The molecule has 0 amide bonds. The summed E-state index contributed by atoms with van der Waals surface area (Å²) in [5.41, 5.74) is 3.76. The van der Waals surface area contributed by atoms with Crippen molar-refractivity contribution in [1.29, 1.82) is 0 Å². The predicted octanol–water partition coefficient (Wildman–Crippen LogP) is 3.22. The van der Waals surface area contributed by atoms with Crippen molar-refractivity contribution in [2.24, 2.45) is 5.10 Å². The van der Waals surface area contributed by atoms with E-state index < -0.39 is 0 Å². The molecule has 1 heterocycles. The second-order valence-electron chi connectivity index (χ2n) is 6.45. The van der Waals surface area contributed by atoms with E-state index in [1.54, 1.807) is 0 Å². The molecule has 0 saturated heterocycles. The molecular weight excluding hydrogens is 258 g/mol. The van der Waals surface area contributed by atoms with E-state index in [1.807, 2.05) is 37.4 Å². The zero-order valence-electron chi connectivity index (χ0n) is 13.5. The van der Waals surface area contributed by atoms with Crippen LogP contribution in [0.5, 0.6) is 0 Å². The lowest BCUT2D eigenvalue weighted by Crippen LogP contribution is -2.27. The fourth-order valence-electron chi connectivity index (χ4n) is 1.99. The topological polar surface area (TPSA) is 19.5 Å². The molecule has 3 nitrogen and oxygen atoms in total. The Morgan fingerprint density at radius 2 is 1.52 bits per heavy atom. The summed E-state index contributed by atoms with van der Waals surface area (Å²) < 4.78 is 1.83. The van der Waals surface area contributed by atoms with Crippen LogP contribution in [0.4, 0.5) is 5.69 Å². The number of rotatable bonds is 3. The van der Waals surface area contributed by atoms with Crippen molar-refractivity contribution >= 4 is 11.9 Å². The fourth-order valence-corrected chi connectivity index (χ4v) is 1.99. The largest absolute Gasteiger partial charge is 0.378 e. The molecule has 0 aliphatic heterocycles. The Balaban J connectivity index is 2.10. The Labute approximate surface area is 127 Å². The standard InChI is InChI=1S/C18H24N3/c1-18(2,3)16-10-12-21(13-11-16)19-14-15-6-8-17(9-7-15)20(4)5/h6-14H,1-5H3/q+1/b19-14+. The van der Waals surface area contributed by atoms with Crippen LogP contribution < -0.4 is 9.58 Å². The van der Waals surface area contributed by atoms with Crippen LogP contribution in [0.3, 0.4) is 0 Å². The first-order valence-corrected chi connectivity index (χ1v) is 7.20. The Morgan fingerprint density at radius 3 is 2.00 bits per heavy atom. The van der Waals surface area contributed by atoms with Crippen LogP contribution >= 0.6 is 0 Å². The molecule has 0 saturated carbocycles. The molecule has 1 aromatic heterocycles. The first-order valence-electron chi connectivity index (χ1n) is 7.20. The Morgan fingerprint density at radius 1 is 0.952 bits per heavy atom. The number of aromatic nitrogens is 1. The summed E-state index contributed by atoms with van der Waals surface area (Å²) in [4.78, 5) is 2.08. The molecule has 110 valence electrons. The van der Waals surface area contributed by atoms with Gasteiger partial charge in [0.05, 0.1) is 0 Å². The van der Waals surface area contributed by atoms with Crippen LogP contribution in [0.25, 0.3) is 0 Å². The van der Waals surface area contributed by atoms with E-state index >= 15 is 0 Å². The second-order valence-corrected chi connectivity index (χ2v) is 6.45. The lowest BCUT2D eigenvalue weighted by atomic mass is 9.88. The van der Waals surface area contributed by atoms with E-state index in [0.29, 0.717) is 0 Å². The summed E-state index contributed by atoms with van der Waals surface area (Å²) in [5, 5.41) is 4.45. The van der Waals surface area contributed by atoms with Gasteiger partial charge in [-0.25, -0.2) is 0 Å². The molecular formula is C18H24N3+. The van der Waals surface area contributed by atoms with Gasteiger partial charge in [-0.1, -0.05) is 37.6 Å². The van der Waals surface area contributed by atoms with Crippen molar-refractivity contribution in [3.63, 3.8) is 0 Å². The van der Waals surface area contributed by atoms with Crippen molar-refractivity contribution in [2.75, 3.05) is 19.0 Å². The van der Waals surface area contributed by atoms with Crippen LogP contribution in [0.2, 0.25) is 0 Å². The molecule has 0 atom stereocenters. The monoisotopic (exact) mass is 282 g/mol. The molecule has 3 heteroatoms. The van der Waals surface area contributed by atoms with Gasteiger partial charge in [-0.3, -0.25) is 0 Å². The van der Waals surface area contributed by atoms with E-state index in [0.717, 1.165) is 5.56 Å². The fraction of sp³-hybridized carbons (Fsp3) is 0.333. The second kappa shape index (κ2) is 6.08. The zero-order chi connectivity index (χ0) is 15.5. The van der Waals surface area contributed by atoms with Crippen molar-refractivity contribution in [2.45, 2.75) is 26.2 Å². The van der Waals surface area contributed by atoms with Crippen LogP contribution in [-0.4, -0.2) is 20.3 Å². The SMILES string of the molecule is CN(C)c1ccc(/C=N/[n+]2ccc(C(C)(C)C)cc2)cc1.